The molecule has 1 spiro atoms. The molecule has 39 heavy (non-hydrogen) atoms. The molecule has 0 radical (unpaired) electrons. The lowest BCUT2D eigenvalue weighted by Gasteiger charge is -2.64. The molecule has 4 fully saturated rings. The zero-order chi connectivity index (χ0) is 27.3. The molecule has 5 aliphatic rings. The Bertz CT molecular complexity index is 1100. The Kier molecular flexibility index (Phi) is 7.56. The summed E-state index contributed by atoms with van der Waals surface area (Å²) in [5.41, 5.74) is 3.10. The molecule has 0 N–H and O–H groups in total. The van der Waals surface area contributed by atoms with Gasteiger partial charge in [-0.05, 0) is 103 Å². The quantitative estimate of drug-likeness (QED) is 0.355. The Morgan fingerprint density at radius 1 is 0.897 bits per heavy atom. The summed E-state index contributed by atoms with van der Waals surface area (Å²) in [5, 5.41) is 0. The van der Waals surface area contributed by atoms with E-state index in [0.29, 0.717) is 11.3 Å². The predicted molar refractivity (Wildman–Crippen MR) is 160 cm³/mol. The maximum atomic E-state index is 6.71. The normalized spacial score (nSPS) is 39.3. The number of rotatable bonds is 5. The molecule has 1 aliphatic heterocycles. The van der Waals surface area contributed by atoms with Gasteiger partial charge in [0.15, 0.2) is 5.79 Å². The Morgan fingerprint density at radius 3 is 2.38 bits per heavy atom. The summed E-state index contributed by atoms with van der Waals surface area (Å²) in [5.74, 6) is 11.8. The van der Waals surface area contributed by atoms with Gasteiger partial charge < -0.3 is 9.47 Å². The number of fused-ring (bicyclic) bond motifs is 6. The van der Waals surface area contributed by atoms with Crippen LogP contribution in [0.2, 0.25) is 0 Å². The monoisotopic (exact) mass is 528 g/mol. The molecule has 8 atom stereocenters. The van der Waals surface area contributed by atoms with Crippen LogP contribution in [0.3, 0.4) is 0 Å². The summed E-state index contributed by atoms with van der Waals surface area (Å²) in [4.78, 5) is 0. The molecule has 6 rings (SSSR count). The molecular weight excluding hydrogens is 476 g/mol. The summed E-state index contributed by atoms with van der Waals surface area (Å²) in [6, 6.07) is 10.4. The van der Waals surface area contributed by atoms with Gasteiger partial charge in [0, 0.05) is 17.9 Å². The topological polar surface area (TPSA) is 18.5 Å². The standard InChI is InChI=1S/C37H52O2/c1-26(2)10-9-11-27(3)31-16-17-32-30-25-37(38-22-23-39-37)34-24-29(15-14-28-12-7-6-8-13-28)18-20-36(34,5)33(30)19-21-35(31,32)4/h6-8,12-13,18,26-27,30-34H,9-11,16-17,19-25H2,1-5H3. The van der Waals surface area contributed by atoms with Crippen molar-refractivity contribution in [1.82, 2.24) is 0 Å². The van der Waals surface area contributed by atoms with Crippen molar-refractivity contribution in [3.63, 3.8) is 0 Å². The van der Waals surface area contributed by atoms with Crippen molar-refractivity contribution in [2.24, 2.45) is 52.3 Å². The molecule has 1 saturated heterocycles. The van der Waals surface area contributed by atoms with Gasteiger partial charge in [-0.15, -0.1) is 0 Å². The molecule has 1 aromatic carbocycles. The van der Waals surface area contributed by atoms with E-state index in [0.717, 1.165) is 73.5 Å². The van der Waals surface area contributed by atoms with Gasteiger partial charge in [0.05, 0.1) is 13.2 Å². The van der Waals surface area contributed by atoms with Gasteiger partial charge in [-0.25, -0.2) is 0 Å². The molecular formula is C37H52O2. The second kappa shape index (κ2) is 10.7. The number of hydrogen-bond donors (Lipinski definition) is 0. The van der Waals surface area contributed by atoms with Crippen LogP contribution in [0.5, 0.6) is 0 Å². The van der Waals surface area contributed by atoms with Crippen LogP contribution < -0.4 is 0 Å². The lowest BCUT2D eigenvalue weighted by molar-refractivity contribution is -0.284. The fraction of sp³-hybridized carbons (Fsp3) is 0.730. The highest BCUT2D eigenvalue weighted by atomic mass is 16.7. The minimum Gasteiger partial charge on any atom is -0.347 e. The van der Waals surface area contributed by atoms with Crippen molar-refractivity contribution in [3.05, 3.63) is 47.5 Å². The highest BCUT2D eigenvalue weighted by molar-refractivity contribution is 5.42. The van der Waals surface area contributed by atoms with E-state index in [-0.39, 0.29) is 5.41 Å². The molecule has 2 heteroatoms. The third-order valence-corrected chi connectivity index (χ3v) is 12.5. The lowest BCUT2D eigenvalue weighted by atomic mass is 9.43. The van der Waals surface area contributed by atoms with E-state index in [1.165, 1.54) is 50.5 Å². The summed E-state index contributed by atoms with van der Waals surface area (Å²) in [6.07, 6.45) is 15.5. The number of ether oxygens (including phenoxy) is 2. The van der Waals surface area contributed by atoms with Crippen LogP contribution in [-0.2, 0) is 9.47 Å². The van der Waals surface area contributed by atoms with Gasteiger partial charge in [0.2, 0.25) is 0 Å². The first kappa shape index (κ1) is 27.6. The van der Waals surface area contributed by atoms with Crippen molar-refractivity contribution < 1.29 is 9.47 Å². The van der Waals surface area contributed by atoms with Gasteiger partial charge in [-0.2, -0.15) is 0 Å². The molecule has 0 amide bonds. The van der Waals surface area contributed by atoms with Crippen LogP contribution in [-0.4, -0.2) is 19.0 Å². The molecule has 1 aromatic rings. The van der Waals surface area contributed by atoms with E-state index >= 15 is 0 Å². The molecule has 2 nitrogen and oxygen atoms in total. The average Bonchev–Trinajstić information content (AvgIpc) is 3.53. The summed E-state index contributed by atoms with van der Waals surface area (Å²) < 4.78 is 13.4. The van der Waals surface area contributed by atoms with Crippen molar-refractivity contribution in [3.8, 4) is 11.8 Å². The van der Waals surface area contributed by atoms with E-state index in [2.05, 4.69) is 82.9 Å². The van der Waals surface area contributed by atoms with Crippen LogP contribution in [0.25, 0.3) is 0 Å². The van der Waals surface area contributed by atoms with Gasteiger partial charge in [-0.1, -0.05) is 90.0 Å². The predicted octanol–water partition coefficient (Wildman–Crippen LogP) is 9.05. The van der Waals surface area contributed by atoms with Gasteiger partial charge in [0.25, 0.3) is 0 Å². The summed E-state index contributed by atoms with van der Waals surface area (Å²) in [6.45, 7) is 14.1. The smallest absolute Gasteiger partial charge is 0.172 e. The minimum absolute atomic E-state index is 0.230. The number of hydrogen-bond acceptors (Lipinski definition) is 2. The van der Waals surface area contributed by atoms with E-state index in [1.54, 1.807) is 0 Å². The van der Waals surface area contributed by atoms with E-state index in [4.69, 9.17) is 9.47 Å². The van der Waals surface area contributed by atoms with Crippen LogP contribution >= 0.6 is 0 Å². The van der Waals surface area contributed by atoms with Crippen LogP contribution in [0.15, 0.2) is 42.0 Å². The molecule has 4 aliphatic carbocycles. The minimum atomic E-state index is -0.414. The third-order valence-electron chi connectivity index (χ3n) is 12.5. The SMILES string of the molecule is CC(C)CCCC(C)C1CCC2C3CC4(OCCO4)C4CC(C#Cc5ccccc5)=CCC4(C)C3CCC12C. The van der Waals surface area contributed by atoms with E-state index in [1.807, 2.05) is 0 Å². The second-order valence-corrected chi connectivity index (χ2v) is 14.9. The number of allylic oxidation sites excluding steroid dienone is 2. The Hall–Kier alpha value is -1.56. The first-order valence-electron chi connectivity index (χ1n) is 16.3. The van der Waals surface area contributed by atoms with Crippen LogP contribution in [0, 0.1) is 64.1 Å². The van der Waals surface area contributed by atoms with Crippen LogP contribution in [0.1, 0.15) is 104 Å². The maximum absolute atomic E-state index is 6.71. The second-order valence-electron chi connectivity index (χ2n) is 14.9. The van der Waals surface area contributed by atoms with Gasteiger partial charge in [0.1, 0.15) is 0 Å². The Balaban J connectivity index is 1.25. The van der Waals surface area contributed by atoms with Crippen molar-refractivity contribution in [2.75, 3.05) is 13.2 Å². The highest BCUT2D eigenvalue weighted by Crippen LogP contribution is 2.70. The summed E-state index contributed by atoms with van der Waals surface area (Å²) >= 11 is 0. The summed E-state index contributed by atoms with van der Waals surface area (Å²) in [7, 11) is 0. The Labute approximate surface area is 238 Å². The zero-order valence-electron chi connectivity index (χ0n) is 25.3. The van der Waals surface area contributed by atoms with Gasteiger partial charge in [-0.3, -0.25) is 0 Å². The highest BCUT2D eigenvalue weighted by Gasteiger charge is 2.67. The maximum Gasteiger partial charge on any atom is 0.172 e. The molecule has 8 unspecified atom stereocenters. The van der Waals surface area contributed by atoms with Crippen molar-refractivity contribution >= 4 is 0 Å². The van der Waals surface area contributed by atoms with Crippen molar-refractivity contribution in [2.45, 2.75) is 105 Å². The van der Waals surface area contributed by atoms with Crippen molar-refractivity contribution in [1.29, 1.82) is 0 Å². The molecule has 3 saturated carbocycles. The third kappa shape index (κ3) is 4.85. The average molecular weight is 529 g/mol. The molecule has 0 bridgehead atoms. The molecule has 1 heterocycles. The molecule has 212 valence electrons. The van der Waals surface area contributed by atoms with Gasteiger partial charge >= 0.3 is 0 Å². The lowest BCUT2D eigenvalue weighted by Crippen LogP contribution is -2.62. The Morgan fingerprint density at radius 2 is 1.64 bits per heavy atom. The first-order chi connectivity index (χ1) is 18.8. The molecule has 0 aromatic heterocycles. The van der Waals surface area contributed by atoms with Crippen LogP contribution in [0.4, 0.5) is 0 Å². The van der Waals surface area contributed by atoms with E-state index in [9.17, 15) is 0 Å². The zero-order valence-corrected chi connectivity index (χ0v) is 25.3. The number of benzene rings is 1. The fourth-order valence-electron chi connectivity index (χ4n) is 10.5. The van der Waals surface area contributed by atoms with E-state index < -0.39 is 5.79 Å². The fourth-order valence-corrected chi connectivity index (χ4v) is 10.5. The largest absolute Gasteiger partial charge is 0.347 e. The first-order valence-corrected chi connectivity index (χ1v) is 16.3.